The van der Waals surface area contributed by atoms with E-state index in [2.05, 4.69) is 77.1 Å². The van der Waals surface area contributed by atoms with Crippen molar-refractivity contribution in [3.05, 3.63) is 35.9 Å². The van der Waals surface area contributed by atoms with Crippen LogP contribution in [0.1, 0.15) is 51.0 Å². The zero-order chi connectivity index (χ0) is 24.1. The van der Waals surface area contributed by atoms with E-state index in [1.54, 1.807) is 10.2 Å². The summed E-state index contributed by atoms with van der Waals surface area (Å²) in [6, 6.07) is 10.8. The van der Waals surface area contributed by atoms with Gasteiger partial charge in [0, 0.05) is 51.9 Å². The molecule has 0 N–H and O–H groups in total. The lowest BCUT2D eigenvalue weighted by atomic mass is 9.68. The third-order valence-corrected chi connectivity index (χ3v) is 8.83. The van der Waals surface area contributed by atoms with Gasteiger partial charge in [-0.3, -0.25) is 12.8 Å². The minimum absolute atomic E-state index is 0.0139. The molecule has 1 saturated carbocycles. The summed E-state index contributed by atoms with van der Waals surface area (Å²) in [5, 5.41) is 0. The molecule has 1 heterocycles. The number of urea groups is 1. The first-order valence-electron chi connectivity index (χ1n) is 12.0. The molecule has 8 heteroatoms. The van der Waals surface area contributed by atoms with Gasteiger partial charge in [-0.2, -0.15) is 0 Å². The van der Waals surface area contributed by atoms with Crippen LogP contribution in [0.5, 0.6) is 0 Å². The molecule has 0 unspecified atom stereocenters. The number of nitrogens with zero attached hydrogens (tertiary/aromatic N) is 4. The zero-order valence-electron chi connectivity index (χ0n) is 20.6. The first kappa shape index (κ1) is 26.2. The van der Waals surface area contributed by atoms with E-state index in [1.165, 1.54) is 5.56 Å². The Bertz CT molecular complexity index is 796. The molecule has 0 radical (unpaired) electrons. The Morgan fingerprint density at radius 3 is 2.36 bits per heavy atom. The van der Waals surface area contributed by atoms with Gasteiger partial charge in [-0.15, -0.1) is 0 Å². The Morgan fingerprint density at radius 1 is 1.12 bits per heavy atom. The van der Waals surface area contributed by atoms with E-state index < -0.39 is 0 Å². The second-order valence-electron chi connectivity index (χ2n) is 9.54. The monoisotopic (exact) mass is 570 g/mol. The van der Waals surface area contributed by atoms with Crippen LogP contribution in [0.25, 0.3) is 0 Å². The molecule has 33 heavy (non-hydrogen) atoms. The van der Waals surface area contributed by atoms with Crippen molar-refractivity contribution in [2.24, 2.45) is 0 Å². The van der Waals surface area contributed by atoms with Crippen LogP contribution in [-0.2, 0) is 15.1 Å². The van der Waals surface area contributed by atoms with Crippen LogP contribution >= 0.6 is 22.9 Å². The third kappa shape index (κ3) is 5.48. The van der Waals surface area contributed by atoms with Gasteiger partial charge >= 0.3 is 6.03 Å². The maximum atomic E-state index is 13.5. The molecule has 1 aromatic rings. The highest BCUT2D eigenvalue weighted by Gasteiger charge is 2.54. The number of hydrogen-bond donors (Lipinski definition) is 0. The van der Waals surface area contributed by atoms with Crippen molar-refractivity contribution in [3.63, 3.8) is 0 Å². The number of carbonyl (C=O) groups is 2. The summed E-state index contributed by atoms with van der Waals surface area (Å²) in [6.07, 6.45) is 5.11. The molecule has 2 aliphatic rings. The number of methoxy groups -OCH3 is 1. The maximum Gasteiger partial charge on any atom is 0.320 e. The molecular weight excluding hydrogens is 531 g/mol. The molecule has 0 aromatic heterocycles. The van der Waals surface area contributed by atoms with Crippen molar-refractivity contribution in [2.75, 3.05) is 54.0 Å². The van der Waals surface area contributed by atoms with Gasteiger partial charge in [0.15, 0.2) is 0 Å². The molecule has 1 aromatic carbocycles. The van der Waals surface area contributed by atoms with Gasteiger partial charge in [0.2, 0.25) is 5.91 Å². The van der Waals surface area contributed by atoms with Gasteiger partial charge < -0.3 is 14.5 Å². The lowest BCUT2D eigenvalue weighted by Crippen LogP contribution is -2.55. The average Bonchev–Trinajstić information content (AvgIpc) is 3.08. The zero-order valence-corrected chi connectivity index (χ0v) is 22.7. The number of amides is 3. The summed E-state index contributed by atoms with van der Waals surface area (Å²) >= 11 is 2.05. The minimum atomic E-state index is -0.170. The highest BCUT2D eigenvalue weighted by atomic mass is 127. The standard InChI is InChI=1S/C25H39IN4O3/c1-5-30(26)22(31)12-18-28-20-24(29(23(28)32)17-9-19-33-4)13-15-25(16-14-24,27(2)3)21-10-7-6-8-11-21/h6-8,10-11H,5,9,12-20H2,1-4H3. The highest BCUT2D eigenvalue weighted by Crippen LogP contribution is 2.48. The van der Waals surface area contributed by atoms with E-state index >= 15 is 0 Å². The van der Waals surface area contributed by atoms with Crippen molar-refractivity contribution >= 4 is 34.8 Å². The molecule has 3 amide bonds. The van der Waals surface area contributed by atoms with Crippen LogP contribution in [0, 0.1) is 0 Å². The van der Waals surface area contributed by atoms with Crippen LogP contribution in [0.2, 0.25) is 0 Å². The molecule has 2 fully saturated rings. The number of ether oxygens (including phenoxy) is 1. The summed E-state index contributed by atoms with van der Waals surface area (Å²) in [4.78, 5) is 32.2. The number of hydrogen-bond acceptors (Lipinski definition) is 4. The largest absolute Gasteiger partial charge is 0.385 e. The van der Waals surface area contributed by atoms with Crippen LogP contribution in [0.4, 0.5) is 4.79 Å². The molecule has 3 rings (SSSR count). The Hall–Kier alpha value is -1.39. The summed E-state index contributed by atoms with van der Waals surface area (Å²) in [7, 11) is 6.04. The summed E-state index contributed by atoms with van der Waals surface area (Å²) in [6.45, 7) is 5.17. The predicted molar refractivity (Wildman–Crippen MR) is 139 cm³/mol. The second kappa shape index (κ2) is 11.4. The van der Waals surface area contributed by atoms with Crippen molar-refractivity contribution in [1.82, 2.24) is 17.8 Å². The summed E-state index contributed by atoms with van der Waals surface area (Å²) in [5.41, 5.74) is 1.17. The predicted octanol–water partition coefficient (Wildman–Crippen LogP) is 4.12. The van der Waals surface area contributed by atoms with Crippen molar-refractivity contribution < 1.29 is 14.3 Å². The number of benzene rings is 1. The first-order valence-corrected chi connectivity index (χ1v) is 13.0. The number of halogens is 1. The van der Waals surface area contributed by atoms with E-state index in [1.807, 2.05) is 11.8 Å². The first-order chi connectivity index (χ1) is 15.8. The van der Waals surface area contributed by atoms with Crippen molar-refractivity contribution in [3.8, 4) is 0 Å². The average molecular weight is 571 g/mol. The SMILES string of the molecule is CCN(I)C(=O)CCN1CC2(CCC(c3ccccc3)(N(C)C)CC2)N(CCCOC)C1=O. The lowest BCUT2D eigenvalue weighted by molar-refractivity contribution is -0.125. The molecule has 184 valence electrons. The van der Waals surface area contributed by atoms with Crippen molar-refractivity contribution in [1.29, 1.82) is 0 Å². The van der Waals surface area contributed by atoms with E-state index in [4.69, 9.17) is 4.74 Å². The fourth-order valence-electron chi connectivity index (χ4n) is 5.58. The van der Waals surface area contributed by atoms with Gasteiger partial charge in [-0.1, -0.05) is 30.3 Å². The molecule has 1 aliphatic carbocycles. The van der Waals surface area contributed by atoms with Gasteiger partial charge in [-0.05, 0) is 58.7 Å². The number of carbonyl (C=O) groups excluding carboxylic acids is 2. The van der Waals surface area contributed by atoms with Crippen molar-refractivity contribution in [2.45, 2.75) is 56.5 Å². The van der Waals surface area contributed by atoms with E-state index in [0.29, 0.717) is 39.2 Å². The fraction of sp³-hybridized carbons (Fsp3) is 0.680. The fourth-order valence-corrected chi connectivity index (χ4v) is 5.83. The quantitative estimate of drug-likeness (QED) is 0.241. The Balaban J connectivity index is 1.78. The molecule has 0 atom stereocenters. The summed E-state index contributed by atoms with van der Waals surface area (Å²) < 4.78 is 6.96. The molecule has 1 aliphatic heterocycles. The highest BCUT2D eigenvalue weighted by molar-refractivity contribution is 14.1. The van der Waals surface area contributed by atoms with Crippen LogP contribution < -0.4 is 0 Å². The van der Waals surface area contributed by atoms with Gasteiger partial charge in [0.05, 0.1) is 28.4 Å². The van der Waals surface area contributed by atoms with Gasteiger partial charge in [0.25, 0.3) is 0 Å². The Labute approximate surface area is 212 Å². The maximum absolute atomic E-state index is 13.5. The molecule has 7 nitrogen and oxygen atoms in total. The Morgan fingerprint density at radius 2 is 1.79 bits per heavy atom. The van der Waals surface area contributed by atoms with Crippen LogP contribution in [-0.4, -0.2) is 89.3 Å². The van der Waals surface area contributed by atoms with E-state index in [9.17, 15) is 9.59 Å². The lowest BCUT2D eigenvalue weighted by Gasteiger charge is -2.51. The van der Waals surface area contributed by atoms with Gasteiger partial charge in [0.1, 0.15) is 0 Å². The second-order valence-corrected chi connectivity index (χ2v) is 10.7. The summed E-state index contributed by atoms with van der Waals surface area (Å²) in [5.74, 6) is 0.0807. The molecule has 0 bridgehead atoms. The number of rotatable bonds is 10. The topological polar surface area (TPSA) is 56.3 Å². The van der Waals surface area contributed by atoms with Crippen LogP contribution in [0.15, 0.2) is 30.3 Å². The molecule has 1 saturated heterocycles. The molecule has 1 spiro atoms. The van der Waals surface area contributed by atoms with E-state index in [-0.39, 0.29) is 23.0 Å². The van der Waals surface area contributed by atoms with E-state index in [0.717, 1.165) is 32.1 Å². The normalized spacial score (nSPS) is 25.3. The minimum Gasteiger partial charge on any atom is -0.385 e. The molecular formula is C25H39IN4O3. The van der Waals surface area contributed by atoms with Crippen LogP contribution in [0.3, 0.4) is 0 Å². The third-order valence-electron chi connectivity index (χ3n) is 7.61. The smallest absolute Gasteiger partial charge is 0.320 e. The van der Waals surface area contributed by atoms with Gasteiger partial charge in [-0.25, -0.2) is 4.79 Å². The Kier molecular flexibility index (Phi) is 9.02.